The largest absolute Gasteiger partial charge is 0.294 e. The van der Waals surface area contributed by atoms with Crippen LogP contribution in [0.5, 0.6) is 0 Å². The number of imidazole rings is 1. The molecule has 0 atom stereocenters. The molecule has 0 saturated heterocycles. The highest BCUT2D eigenvalue weighted by Crippen LogP contribution is 2.41. The molecule has 13 rings (SSSR count). The Balaban J connectivity index is 1.06. The van der Waals surface area contributed by atoms with Crippen LogP contribution in [0.3, 0.4) is 0 Å². The molecule has 6 heteroatoms. The molecule has 274 valence electrons. The minimum absolute atomic E-state index is 0.652. The van der Waals surface area contributed by atoms with Crippen LogP contribution in [0.15, 0.2) is 194 Å². The summed E-state index contributed by atoms with van der Waals surface area (Å²) in [5.74, 6) is 0.652. The SMILES string of the molecule is c1ccc(-c2nc(-n3c4ccccc4c4cc(-c5ccc6c(c5)c5nc7c8ccccc8c8ccccc8n7c5n6-c5ccccc5)ccc43)nc3ccccc23)cc1. The second-order valence-electron chi connectivity index (χ2n) is 15.2. The lowest BCUT2D eigenvalue weighted by atomic mass is 10.0. The fourth-order valence-corrected chi connectivity index (χ4v) is 9.42. The molecule has 0 aliphatic rings. The van der Waals surface area contributed by atoms with Crippen LogP contribution >= 0.6 is 0 Å². The van der Waals surface area contributed by atoms with Crippen LogP contribution in [0, 0.1) is 0 Å². The van der Waals surface area contributed by atoms with Gasteiger partial charge in [-0.3, -0.25) is 13.5 Å². The van der Waals surface area contributed by atoms with Crippen molar-refractivity contribution in [2.75, 3.05) is 0 Å². The van der Waals surface area contributed by atoms with Crippen molar-refractivity contribution in [3.8, 4) is 34.0 Å². The van der Waals surface area contributed by atoms with Crippen molar-refractivity contribution in [3.05, 3.63) is 194 Å². The fourth-order valence-electron chi connectivity index (χ4n) is 9.42. The maximum Gasteiger partial charge on any atom is 0.235 e. The minimum Gasteiger partial charge on any atom is -0.294 e. The molecule has 0 saturated carbocycles. The van der Waals surface area contributed by atoms with Crippen molar-refractivity contribution < 1.29 is 0 Å². The molecule has 0 aliphatic heterocycles. The van der Waals surface area contributed by atoms with E-state index in [2.05, 4.69) is 196 Å². The molecule has 6 nitrogen and oxygen atoms in total. The first-order valence-corrected chi connectivity index (χ1v) is 20.0. The molecule has 0 radical (unpaired) electrons. The molecule has 0 bridgehead atoms. The summed E-state index contributed by atoms with van der Waals surface area (Å²) in [4.78, 5) is 16.0. The Hall–Kier alpha value is -8.09. The summed E-state index contributed by atoms with van der Waals surface area (Å²) in [7, 11) is 0. The van der Waals surface area contributed by atoms with Gasteiger partial charge < -0.3 is 0 Å². The van der Waals surface area contributed by atoms with Crippen molar-refractivity contribution >= 4 is 82.1 Å². The van der Waals surface area contributed by atoms with Crippen LogP contribution < -0.4 is 0 Å². The highest BCUT2D eigenvalue weighted by atomic mass is 15.2. The van der Waals surface area contributed by atoms with E-state index < -0.39 is 0 Å². The number of para-hydroxylation sites is 4. The van der Waals surface area contributed by atoms with Crippen LogP contribution in [-0.2, 0) is 0 Å². The molecular formula is C53H32N6. The van der Waals surface area contributed by atoms with Gasteiger partial charge in [-0.15, -0.1) is 0 Å². The molecule has 0 amide bonds. The van der Waals surface area contributed by atoms with Crippen LogP contribution in [0.2, 0.25) is 0 Å². The van der Waals surface area contributed by atoms with E-state index in [0.29, 0.717) is 5.95 Å². The zero-order chi connectivity index (χ0) is 38.6. The Morgan fingerprint density at radius 2 is 0.898 bits per heavy atom. The highest BCUT2D eigenvalue weighted by Gasteiger charge is 2.23. The summed E-state index contributed by atoms with van der Waals surface area (Å²) in [6.07, 6.45) is 0. The van der Waals surface area contributed by atoms with E-state index in [0.717, 1.165) is 99.4 Å². The average Bonchev–Trinajstić information content (AvgIpc) is 3.96. The Kier molecular flexibility index (Phi) is 6.63. The first-order valence-electron chi connectivity index (χ1n) is 20.0. The predicted octanol–water partition coefficient (Wildman–Crippen LogP) is 13.1. The number of aromatic nitrogens is 6. The second kappa shape index (κ2) is 12.2. The zero-order valence-corrected chi connectivity index (χ0v) is 31.7. The molecule has 0 N–H and O–H groups in total. The topological polar surface area (TPSA) is 52.9 Å². The third-order valence-corrected chi connectivity index (χ3v) is 12.0. The highest BCUT2D eigenvalue weighted by molar-refractivity contribution is 6.17. The fraction of sp³-hybridized carbons (Fsp3) is 0. The number of rotatable bonds is 4. The van der Waals surface area contributed by atoms with E-state index in [1.807, 2.05) is 12.1 Å². The molecule has 8 aromatic carbocycles. The number of fused-ring (bicyclic) bond motifs is 14. The maximum atomic E-state index is 5.51. The van der Waals surface area contributed by atoms with E-state index >= 15 is 0 Å². The van der Waals surface area contributed by atoms with Gasteiger partial charge in [0.25, 0.3) is 0 Å². The lowest BCUT2D eigenvalue weighted by Gasteiger charge is -2.12. The van der Waals surface area contributed by atoms with Crippen molar-refractivity contribution in [1.82, 2.24) is 28.5 Å². The summed E-state index contributed by atoms with van der Waals surface area (Å²) >= 11 is 0. The molecule has 5 aromatic heterocycles. The maximum absolute atomic E-state index is 5.51. The van der Waals surface area contributed by atoms with Gasteiger partial charge in [0.1, 0.15) is 11.2 Å². The second-order valence-corrected chi connectivity index (χ2v) is 15.2. The third kappa shape index (κ3) is 4.59. The van der Waals surface area contributed by atoms with Gasteiger partial charge in [0.15, 0.2) is 5.65 Å². The molecular weight excluding hydrogens is 721 g/mol. The molecule has 0 unspecified atom stereocenters. The van der Waals surface area contributed by atoms with Gasteiger partial charge in [-0.25, -0.2) is 15.0 Å². The Morgan fingerprint density at radius 1 is 0.339 bits per heavy atom. The average molecular weight is 753 g/mol. The smallest absolute Gasteiger partial charge is 0.235 e. The first-order chi connectivity index (χ1) is 29.3. The third-order valence-electron chi connectivity index (χ3n) is 12.0. The normalized spacial score (nSPS) is 12.1. The van der Waals surface area contributed by atoms with Gasteiger partial charge in [-0.2, -0.15) is 0 Å². The van der Waals surface area contributed by atoms with E-state index in [1.54, 1.807) is 0 Å². The molecule has 0 aliphatic carbocycles. The molecule has 5 heterocycles. The van der Waals surface area contributed by atoms with Crippen molar-refractivity contribution in [1.29, 1.82) is 0 Å². The summed E-state index contributed by atoms with van der Waals surface area (Å²) in [5.41, 5.74) is 13.6. The number of nitrogens with zero attached hydrogens (tertiary/aromatic N) is 6. The van der Waals surface area contributed by atoms with Gasteiger partial charge in [-0.1, -0.05) is 140 Å². The van der Waals surface area contributed by atoms with E-state index in [1.165, 1.54) is 10.8 Å². The minimum atomic E-state index is 0.652. The molecule has 59 heavy (non-hydrogen) atoms. The standard InChI is InChI=1S/C53H32N6/c1-3-15-33(16-4-1)49-41-23-9-12-24-44(41)54-53(56-49)58-45-25-13-11-21-39(45)42-31-34(27-29-47(42)58)35-28-30-48-43(32-35)50-52(57(48)36-17-5-2-6-18-36)59-46-26-14-10-20-38(46)37-19-7-8-22-40(37)51(59)55-50/h1-32H. The molecule has 13 aromatic rings. The number of hydrogen-bond acceptors (Lipinski definition) is 3. The van der Waals surface area contributed by atoms with E-state index in [-0.39, 0.29) is 0 Å². The van der Waals surface area contributed by atoms with Crippen molar-refractivity contribution in [2.24, 2.45) is 0 Å². The van der Waals surface area contributed by atoms with Gasteiger partial charge in [0, 0.05) is 43.6 Å². The Labute approximate surface area is 337 Å². The number of pyridine rings is 1. The first kappa shape index (κ1) is 32.0. The lowest BCUT2D eigenvalue weighted by Crippen LogP contribution is -2.03. The quantitative estimate of drug-likeness (QED) is 0.168. The van der Waals surface area contributed by atoms with E-state index in [4.69, 9.17) is 15.0 Å². The van der Waals surface area contributed by atoms with Gasteiger partial charge in [-0.05, 0) is 71.1 Å². The number of benzene rings is 8. The lowest BCUT2D eigenvalue weighted by molar-refractivity contribution is 1.01. The van der Waals surface area contributed by atoms with Crippen LogP contribution in [0.25, 0.3) is 116 Å². The van der Waals surface area contributed by atoms with Crippen molar-refractivity contribution in [3.63, 3.8) is 0 Å². The molecule has 0 spiro atoms. The van der Waals surface area contributed by atoms with Gasteiger partial charge >= 0.3 is 0 Å². The summed E-state index contributed by atoms with van der Waals surface area (Å²) in [6.45, 7) is 0. The zero-order valence-electron chi connectivity index (χ0n) is 31.7. The van der Waals surface area contributed by atoms with Crippen LogP contribution in [-0.4, -0.2) is 28.5 Å². The monoisotopic (exact) mass is 752 g/mol. The number of hydrogen-bond donors (Lipinski definition) is 0. The van der Waals surface area contributed by atoms with E-state index in [9.17, 15) is 0 Å². The van der Waals surface area contributed by atoms with Crippen LogP contribution in [0.4, 0.5) is 0 Å². The summed E-state index contributed by atoms with van der Waals surface area (Å²) < 4.78 is 6.95. The molecule has 0 fully saturated rings. The Morgan fingerprint density at radius 3 is 1.66 bits per heavy atom. The van der Waals surface area contributed by atoms with Gasteiger partial charge in [0.05, 0.1) is 33.3 Å². The van der Waals surface area contributed by atoms with Crippen LogP contribution in [0.1, 0.15) is 0 Å². The van der Waals surface area contributed by atoms with Gasteiger partial charge in [0.2, 0.25) is 5.95 Å². The Bertz CT molecular complexity index is 3840. The summed E-state index contributed by atoms with van der Waals surface area (Å²) in [5, 5.41) is 7.99. The van der Waals surface area contributed by atoms with Crippen molar-refractivity contribution in [2.45, 2.75) is 0 Å². The summed E-state index contributed by atoms with van der Waals surface area (Å²) in [6, 6.07) is 68.8. The predicted molar refractivity (Wildman–Crippen MR) is 243 cm³/mol.